The van der Waals surface area contributed by atoms with Crippen LogP contribution in [0.1, 0.15) is 10.4 Å². The molecule has 1 rings (SSSR count). The quantitative estimate of drug-likeness (QED) is 0.477. The average molecular weight is 171 g/mol. The van der Waals surface area contributed by atoms with E-state index in [0.717, 1.165) is 6.29 Å². The summed E-state index contributed by atoms with van der Waals surface area (Å²) in [4.78, 5) is 10.2. The van der Waals surface area contributed by atoms with E-state index >= 15 is 0 Å². The minimum Gasteiger partial charge on any atom is -0.298 e. The van der Waals surface area contributed by atoms with E-state index in [9.17, 15) is 9.00 Å². The summed E-state index contributed by atoms with van der Waals surface area (Å²) >= 11 is 0.514. The van der Waals surface area contributed by atoms with Crippen molar-refractivity contribution < 1.29 is 9.00 Å². The molecule has 0 saturated carbocycles. The zero-order valence-electron chi connectivity index (χ0n) is 5.77. The van der Waals surface area contributed by atoms with Crippen LogP contribution >= 0.6 is 0 Å². The number of carbonyl (C=O) groups excluding carboxylic acids is 1. The maximum absolute atomic E-state index is 10.2. The second-order valence-corrected chi connectivity index (χ2v) is 2.62. The monoisotopic (exact) mass is 171 g/mol. The highest BCUT2D eigenvalue weighted by molar-refractivity contribution is 7.65. The third-order valence-corrected chi connectivity index (χ3v) is 1.54. The van der Waals surface area contributed by atoms with E-state index in [0.29, 0.717) is 29.5 Å². The van der Waals surface area contributed by atoms with Gasteiger partial charge >= 0.3 is 11.7 Å². The molecule has 1 aromatic heterocycles. The molecule has 0 saturated heterocycles. The molecule has 0 N–H and O–H groups in total. The summed E-state index contributed by atoms with van der Waals surface area (Å²) in [7, 11) is 0. The van der Waals surface area contributed by atoms with Crippen LogP contribution in [-0.4, -0.2) is 21.8 Å². The minimum atomic E-state index is 0.472. The van der Waals surface area contributed by atoms with Crippen LogP contribution in [0.15, 0.2) is 12.4 Å². The summed E-state index contributed by atoms with van der Waals surface area (Å²) in [5.74, 6) is 0.472. The number of aryl methyl sites for hydroxylation is 1. The van der Waals surface area contributed by atoms with E-state index < -0.39 is 0 Å². The van der Waals surface area contributed by atoms with Gasteiger partial charge in [0, 0.05) is 10.4 Å². The van der Waals surface area contributed by atoms with Crippen LogP contribution in [0, 0.1) is 0 Å². The standard InChI is InChI=1S/C6H7N2O2S/c9-5-6-3-7-8(4-6)1-2-11-10/h3-5H,1-2H2/q+1. The first kappa shape index (κ1) is 8.00. The highest BCUT2D eigenvalue weighted by Crippen LogP contribution is 1.92. The molecule has 1 heterocycles. The van der Waals surface area contributed by atoms with Crippen molar-refractivity contribution in [2.75, 3.05) is 5.75 Å². The number of aromatic nitrogens is 2. The highest BCUT2D eigenvalue weighted by atomic mass is 32.1. The normalized spacial score (nSPS) is 9.45. The molecular weight excluding hydrogens is 164 g/mol. The van der Waals surface area contributed by atoms with Gasteiger partial charge in [0.05, 0.1) is 18.3 Å². The van der Waals surface area contributed by atoms with Gasteiger partial charge in [0.15, 0.2) is 6.29 Å². The molecule has 0 unspecified atom stereocenters. The Morgan fingerprint density at radius 1 is 1.73 bits per heavy atom. The van der Waals surface area contributed by atoms with Gasteiger partial charge in [-0.2, -0.15) is 5.10 Å². The number of carbonyl (C=O) groups is 1. The van der Waals surface area contributed by atoms with Crippen LogP contribution in [0.25, 0.3) is 0 Å². The molecule has 0 radical (unpaired) electrons. The molecule has 0 bridgehead atoms. The van der Waals surface area contributed by atoms with Crippen molar-refractivity contribution in [1.29, 1.82) is 0 Å². The Morgan fingerprint density at radius 2 is 2.55 bits per heavy atom. The van der Waals surface area contributed by atoms with Gasteiger partial charge in [0.1, 0.15) is 0 Å². The number of hydrogen-bond donors (Lipinski definition) is 0. The first-order valence-corrected chi connectivity index (χ1v) is 4.00. The zero-order valence-corrected chi connectivity index (χ0v) is 6.58. The molecule has 4 nitrogen and oxygen atoms in total. The summed E-state index contributed by atoms with van der Waals surface area (Å²) in [6.07, 6.45) is 3.82. The lowest BCUT2D eigenvalue weighted by Crippen LogP contribution is -2.01. The topological polar surface area (TPSA) is 52.0 Å². The van der Waals surface area contributed by atoms with E-state index in [1.54, 1.807) is 10.9 Å². The Bertz CT molecular complexity index is 259. The maximum atomic E-state index is 10.2. The lowest BCUT2D eigenvalue weighted by molar-refractivity contribution is 0.112. The van der Waals surface area contributed by atoms with Crippen LogP contribution < -0.4 is 0 Å². The van der Waals surface area contributed by atoms with Gasteiger partial charge in [-0.15, -0.1) is 0 Å². The molecule has 0 amide bonds. The molecule has 0 atom stereocenters. The molecule has 0 fully saturated rings. The maximum Gasteiger partial charge on any atom is 0.460 e. The van der Waals surface area contributed by atoms with E-state index in [-0.39, 0.29) is 0 Å². The molecule has 0 aromatic carbocycles. The van der Waals surface area contributed by atoms with Crippen molar-refractivity contribution in [3.63, 3.8) is 0 Å². The fourth-order valence-electron chi connectivity index (χ4n) is 0.694. The fourth-order valence-corrected chi connectivity index (χ4v) is 0.955. The first-order valence-electron chi connectivity index (χ1n) is 3.09. The Labute approximate surface area is 67.7 Å². The zero-order chi connectivity index (χ0) is 8.10. The summed E-state index contributed by atoms with van der Waals surface area (Å²) in [5.41, 5.74) is 0.542. The largest absolute Gasteiger partial charge is 0.460 e. The number of aldehydes is 1. The van der Waals surface area contributed by atoms with Gasteiger partial charge in [-0.05, 0) is 0 Å². The van der Waals surface area contributed by atoms with E-state index in [4.69, 9.17) is 0 Å². The Morgan fingerprint density at radius 3 is 3.09 bits per heavy atom. The molecule has 0 spiro atoms. The molecule has 0 aliphatic heterocycles. The number of nitrogens with zero attached hydrogens (tertiary/aromatic N) is 2. The summed E-state index contributed by atoms with van der Waals surface area (Å²) in [5, 5.41) is 3.86. The van der Waals surface area contributed by atoms with Crippen molar-refractivity contribution in [2.45, 2.75) is 6.54 Å². The summed E-state index contributed by atoms with van der Waals surface area (Å²) in [6.45, 7) is 0.558. The van der Waals surface area contributed by atoms with Gasteiger partial charge in [0.2, 0.25) is 5.75 Å². The molecule has 0 aliphatic carbocycles. The van der Waals surface area contributed by atoms with E-state index in [1.165, 1.54) is 6.20 Å². The van der Waals surface area contributed by atoms with Gasteiger partial charge in [-0.1, -0.05) is 0 Å². The molecule has 1 aromatic rings. The van der Waals surface area contributed by atoms with Crippen LogP contribution in [0.3, 0.4) is 0 Å². The lowest BCUT2D eigenvalue weighted by atomic mass is 10.4. The smallest absolute Gasteiger partial charge is 0.298 e. The summed E-state index contributed by atoms with van der Waals surface area (Å²) in [6, 6.07) is 0. The van der Waals surface area contributed by atoms with E-state index in [1.807, 2.05) is 0 Å². The molecular formula is C6H7N2O2S+. The third-order valence-electron chi connectivity index (χ3n) is 1.19. The second kappa shape index (κ2) is 3.92. The Balaban J connectivity index is 2.57. The Kier molecular flexibility index (Phi) is 2.85. The van der Waals surface area contributed by atoms with Crippen LogP contribution in [0.5, 0.6) is 0 Å². The lowest BCUT2D eigenvalue weighted by Gasteiger charge is -1.87. The molecule has 11 heavy (non-hydrogen) atoms. The minimum absolute atomic E-state index is 0.472. The molecule has 0 aliphatic rings. The number of rotatable bonds is 4. The van der Waals surface area contributed by atoms with Gasteiger partial charge in [-0.3, -0.25) is 9.48 Å². The highest BCUT2D eigenvalue weighted by Gasteiger charge is 2.01. The fraction of sp³-hybridized carbons (Fsp3) is 0.333. The molecule has 58 valence electrons. The van der Waals surface area contributed by atoms with Crippen molar-refractivity contribution >= 4 is 18.0 Å². The third kappa shape index (κ3) is 2.19. The van der Waals surface area contributed by atoms with Crippen LogP contribution in [-0.2, 0) is 22.4 Å². The van der Waals surface area contributed by atoms with Crippen LogP contribution in [0.2, 0.25) is 0 Å². The van der Waals surface area contributed by atoms with Gasteiger partial charge in [0.25, 0.3) is 0 Å². The van der Waals surface area contributed by atoms with Crippen molar-refractivity contribution in [3.05, 3.63) is 18.0 Å². The van der Waals surface area contributed by atoms with Gasteiger partial charge in [-0.25, -0.2) is 0 Å². The van der Waals surface area contributed by atoms with Crippen molar-refractivity contribution in [3.8, 4) is 0 Å². The predicted molar refractivity (Wildman–Crippen MR) is 40.5 cm³/mol. The average Bonchev–Trinajstić information content (AvgIpc) is 2.48. The predicted octanol–water partition coefficient (Wildman–Crippen LogP) is 0.124. The molecule has 5 heteroatoms. The number of hydrogen-bond acceptors (Lipinski definition) is 3. The van der Waals surface area contributed by atoms with Gasteiger partial charge < -0.3 is 0 Å². The van der Waals surface area contributed by atoms with E-state index in [2.05, 4.69) is 5.10 Å². The summed E-state index contributed by atoms with van der Waals surface area (Å²) < 4.78 is 11.6. The van der Waals surface area contributed by atoms with Crippen molar-refractivity contribution in [2.24, 2.45) is 0 Å². The first-order chi connectivity index (χ1) is 5.36. The van der Waals surface area contributed by atoms with Crippen LogP contribution in [0.4, 0.5) is 0 Å². The Hall–Kier alpha value is -1.10. The van der Waals surface area contributed by atoms with Crippen molar-refractivity contribution in [1.82, 2.24) is 9.78 Å². The second-order valence-electron chi connectivity index (χ2n) is 1.98. The SMILES string of the molecule is O=Cc1cnn(CC[S+]=O)c1.